The molecule has 0 spiro atoms. The van der Waals surface area contributed by atoms with Crippen LogP contribution in [0.25, 0.3) is 10.2 Å². The molecule has 2 aromatic carbocycles. The summed E-state index contributed by atoms with van der Waals surface area (Å²) in [5, 5.41) is 0. The van der Waals surface area contributed by atoms with Gasteiger partial charge in [0.2, 0.25) is 0 Å². The van der Waals surface area contributed by atoms with Gasteiger partial charge < -0.3 is 4.57 Å². The predicted octanol–water partition coefficient (Wildman–Crippen LogP) is 2.76. The number of nitrogens with zero attached hydrogens (tertiary/aromatic N) is 2. The number of carbonyl (C=O) groups excluding carboxylic acids is 1. The summed E-state index contributed by atoms with van der Waals surface area (Å²) in [6.45, 7) is 4.02. The van der Waals surface area contributed by atoms with E-state index in [0.717, 1.165) is 21.3 Å². The van der Waals surface area contributed by atoms with Gasteiger partial charge in [0.25, 0.3) is 5.91 Å². The number of carbonyl (C=O) groups is 1. The Hall–Kier alpha value is -2.25. The van der Waals surface area contributed by atoms with E-state index in [1.807, 2.05) is 31.5 Å². The van der Waals surface area contributed by atoms with Crippen LogP contribution < -0.4 is 4.80 Å². The molecule has 0 fully saturated rings. The summed E-state index contributed by atoms with van der Waals surface area (Å²) in [4.78, 5) is 16.9. The van der Waals surface area contributed by atoms with E-state index >= 15 is 0 Å². The molecule has 0 radical (unpaired) electrons. The average molecular weight is 374 g/mol. The number of sulfone groups is 1. The lowest BCUT2D eigenvalue weighted by Gasteiger charge is -2.01. The predicted molar refractivity (Wildman–Crippen MR) is 99.3 cm³/mol. The summed E-state index contributed by atoms with van der Waals surface area (Å²) in [6, 6.07) is 12.1. The Morgan fingerprint density at radius 2 is 1.84 bits per heavy atom. The van der Waals surface area contributed by atoms with Gasteiger partial charge in [-0.1, -0.05) is 35.6 Å². The highest BCUT2D eigenvalue weighted by Crippen LogP contribution is 2.22. The zero-order valence-corrected chi connectivity index (χ0v) is 15.8. The minimum atomic E-state index is -3.69. The van der Waals surface area contributed by atoms with Crippen molar-refractivity contribution < 1.29 is 13.2 Å². The molecule has 5 nitrogen and oxygen atoms in total. The maximum absolute atomic E-state index is 12.3. The molecule has 0 bridgehead atoms. The first kappa shape index (κ1) is 17.6. The van der Waals surface area contributed by atoms with Crippen LogP contribution in [0.4, 0.5) is 0 Å². The minimum absolute atomic E-state index is 0.130. The number of benzene rings is 2. The molecule has 1 amide bonds. The second-order valence-electron chi connectivity index (χ2n) is 5.95. The summed E-state index contributed by atoms with van der Waals surface area (Å²) in [6.07, 6.45) is 0. The second-order valence-corrected chi connectivity index (χ2v) is 8.92. The molecule has 0 aliphatic carbocycles. The number of thiazole rings is 1. The van der Waals surface area contributed by atoms with Crippen LogP contribution in [0.1, 0.15) is 11.1 Å². The van der Waals surface area contributed by atoms with Crippen LogP contribution in [0.3, 0.4) is 0 Å². The van der Waals surface area contributed by atoms with Crippen molar-refractivity contribution in [2.24, 2.45) is 12.0 Å². The van der Waals surface area contributed by atoms with E-state index in [0.29, 0.717) is 4.80 Å². The molecule has 0 aliphatic rings. The standard InChI is InChI=1S/C18H18N2O3S2/c1-12-9-13(2)17-15(10-12)20(3)18(24-17)19-16(21)11-25(22,23)14-7-5-4-6-8-14/h4-10H,11H2,1-3H3. The van der Waals surface area contributed by atoms with Gasteiger partial charge in [-0.2, -0.15) is 4.99 Å². The van der Waals surface area contributed by atoms with Gasteiger partial charge in [-0.15, -0.1) is 0 Å². The fraction of sp³-hybridized carbons (Fsp3) is 0.222. The van der Waals surface area contributed by atoms with E-state index < -0.39 is 21.5 Å². The van der Waals surface area contributed by atoms with Crippen LogP contribution in [-0.4, -0.2) is 24.6 Å². The third kappa shape index (κ3) is 3.57. The van der Waals surface area contributed by atoms with Crippen LogP contribution in [0.2, 0.25) is 0 Å². The van der Waals surface area contributed by atoms with E-state index in [1.165, 1.54) is 23.5 Å². The Balaban J connectivity index is 1.99. The zero-order chi connectivity index (χ0) is 18.2. The minimum Gasteiger partial charge on any atom is -0.319 e. The van der Waals surface area contributed by atoms with Gasteiger partial charge in [-0.3, -0.25) is 4.79 Å². The highest BCUT2D eigenvalue weighted by molar-refractivity contribution is 7.92. The van der Waals surface area contributed by atoms with Gasteiger partial charge >= 0.3 is 0 Å². The summed E-state index contributed by atoms with van der Waals surface area (Å²) < 4.78 is 27.5. The third-order valence-electron chi connectivity index (χ3n) is 3.88. The van der Waals surface area contributed by atoms with Crippen LogP contribution in [0.5, 0.6) is 0 Å². The SMILES string of the molecule is Cc1cc(C)c2sc(=NC(=O)CS(=O)(=O)c3ccccc3)n(C)c2c1. The first-order valence-electron chi connectivity index (χ1n) is 7.70. The largest absolute Gasteiger partial charge is 0.319 e. The topological polar surface area (TPSA) is 68.5 Å². The lowest BCUT2D eigenvalue weighted by atomic mass is 10.1. The molecule has 3 aromatic rings. The molecule has 3 rings (SSSR count). The van der Waals surface area contributed by atoms with Gasteiger partial charge in [0.1, 0.15) is 5.75 Å². The Bertz CT molecular complexity index is 1120. The van der Waals surface area contributed by atoms with Gasteiger partial charge in [0.05, 0.1) is 15.1 Å². The maximum Gasteiger partial charge on any atom is 0.263 e. The molecule has 0 unspecified atom stereocenters. The lowest BCUT2D eigenvalue weighted by Crippen LogP contribution is -2.19. The fourth-order valence-electron chi connectivity index (χ4n) is 2.69. The molecular weight excluding hydrogens is 356 g/mol. The summed E-state index contributed by atoms with van der Waals surface area (Å²) >= 11 is 1.39. The smallest absolute Gasteiger partial charge is 0.263 e. The Kier molecular flexibility index (Phi) is 4.62. The molecular formula is C18H18N2O3S2. The molecule has 1 aromatic heterocycles. The molecule has 0 N–H and O–H groups in total. The number of rotatable bonds is 3. The first-order chi connectivity index (χ1) is 11.8. The van der Waals surface area contributed by atoms with Gasteiger partial charge in [-0.05, 0) is 43.2 Å². The highest BCUT2D eigenvalue weighted by atomic mass is 32.2. The monoisotopic (exact) mass is 374 g/mol. The number of aromatic nitrogens is 1. The van der Waals surface area contributed by atoms with Crippen LogP contribution in [0, 0.1) is 13.8 Å². The molecule has 0 atom stereocenters. The quantitative estimate of drug-likeness (QED) is 0.708. The first-order valence-corrected chi connectivity index (χ1v) is 10.2. The Morgan fingerprint density at radius 3 is 2.52 bits per heavy atom. The summed E-state index contributed by atoms with van der Waals surface area (Å²) in [5.74, 6) is -1.30. The molecule has 130 valence electrons. The lowest BCUT2D eigenvalue weighted by molar-refractivity contribution is -0.115. The molecule has 25 heavy (non-hydrogen) atoms. The number of hydrogen-bond donors (Lipinski definition) is 0. The van der Waals surface area contributed by atoms with Crippen LogP contribution >= 0.6 is 11.3 Å². The van der Waals surface area contributed by atoms with Crippen molar-refractivity contribution in [2.45, 2.75) is 18.7 Å². The molecule has 7 heteroatoms. The van der Waals surface area contributed by atoms with Crippen molar-refractivity contribution in [3.8, 4) is 0 Å². The van der Waals surface area contributed by atoms with Crippen LogP contribution in [0.15, 0.2) is 52.4 Å². The molecule has 1 heterocycles. The number of fused-ring (bicyclic) bond motifs is 1. The summed E-state index contributed by atoms with van der Waals surface area (Å²) in [7, 11) is -1.86. The summed E-state index contributed by atoms with van der Waals surface area (Å²) in [5.41, 5.74) is 3.23. The van der Waals surface area contributed by atoms with Gasteiger partial charge in [0.15, 0.2) is 14.6 Å². The van der Waals surface area contributed by atoms with E-state index in [-0.39, 0.29) is 4.90 Å². The van der Waals surface area contributed by atoms with E-state index in [1.54, 1.807) is 18.2 Å². The maximum atomic E-state index is 12.3. The van der Waals surface area contributed by atoms with Crippen molar-refractivity contribution in [1.29, 1.82) is 0 Å². The van der Waals surface area contributed by atoms with E-state index in [9.17, 15) is 13.2 Å². The van der Waals surface area contributed by atoms with Crippen molar-refractivity contribution in [2.75, 3.05) is 5.75 Å². The fourth-order valence-corrected chi connectivity index (χ4v) is 4.90. The van der Waals surface area contributed by atoms with Gasteiger partial charge in [0, 0.05) is 7.05 Å². The van der Waals surface area contributed by atoms with E-state index in [2.05, 4.69) is 11.1 Å². The number of amides is 1. The average Bonchev–Trinajstić information content (AvgIpc) is 2.85. The second kappa shape index (κ2) is 6.57. The van der Waals surface area contributed by atoms with Crippen molar-refractivity contribution in [3.05, 3.63) is 58.4 Å². The van der Waals surface area contributed by atoms with Crippen molar-refractivity contribution in [3.63, 3.8) is 0 Å². The third-order valence-corrected chi connectivity index (χ3v) is 6.78. The van der Waals surface area contributed by atoms with Crippen molar-refractivity contribution in [1.82, 2.24) is 4.57 Å². The molecule has 0 saturated carbocycles. The Labute approximate surface area is 150 Å². The van der Waals surface area contributed by atoms with Crippen LogP contribution in [-0.2, 0) is 21.7 Å². The van der Waals surface area contributed by atoms with E-state index in [4.69, 9.17) is 0 Å². The van der Waals surface area contributed by atoms with Gasteiger partial charge in [-0.25, -0.2) is 8.42 Å². The highest BCUT2D eigenvalue weighted by Gasteiger charge is 2.19. The normalized spacial score (nSPS) is 12.7. The van der Waals surface area contributed by atoms with Crippen molar-refractivity contribution >= 4 is 37.3 Å². The Morgan fingerprint density at radius 1 is 1.16 bits per heavy atom. The molecule has 0 saturated heterocycles. The molecule has 0 aliphatic heterocycles. The number of hydrogen-bond acceptors (Lipinski definition) is 4. The number of aryl methyl sites for hydroxylation is 3. The zero-order valence-electron chi connectivity index (χ0n) is 14.2.